The number of benzene rings is 3. The lowest BCUT2D eigenvalue weighted by atomic mass is 9.98. The van der Waals surface area contributed by atoms with Crippen LogP contribution in [0.2, 0.25) is 0 Å². The summed E-state index contributed by atoms with van der Waals surface area (Å²) in [5, 5.41) is 3.03. The summed E-state index contributed by atoms with van der Waals surface area (Å²) < 4.78 is 10.8. The average molecular weight is 389 g/mol. The molecular weight excluding hydrogens is 366 g/mol. The summed E-state index contributed by atoms with van der Waals surface area (Å²) in [6.45, 7) is 1.38. The first-order chi connectivity index (χ1) is 14.1. The number of carbonyl (C=O) groups is 2. The highest BCUT2D eigenvalue weighted by molar-refractivity contribution is 5.94. The second kappa shape index (κ2) is 9.55. The molecule has 3 rings (SSSR count). The average Bonchev–Trinajstić information content (AvgIpc) is 2.77. The van der Waals surface area contributed by atoms with Crippen LogP contribution < -0.4 is 14.8 Å². The van der Waals surface area contributed by atoms with E-state index in [1.54, 1.807) is 31.4 Å². The lowest BCUT2D eigenvalue weighted by Crippen LogP contribution is -2.33. The SMILES string of the molecule is COc1ccc([C@H](NC(=O)COc2ccc(C(C)=O)cc2)c2ccccc2)cc1. The van der Waals surface area contributed by atoms with Crippen molar-refractivity contribution < 1.29 is 19.1 Å². The van der Waals surface area contributed by atoms with Crippen molar-refractivity contribution in [1.29, 1.82) is 0 Å². The number of hydrogen-bond donors (Lipinski definition) is 1. The van der Waals surface area contributed by atoms with E-state index in [0.29, 0.717) is 11.3 Å². The Morgan fingerprint density at radius 2 is 1.41 bits per heavy atom. The standard InChI is InChI=1S/C24H23NO4/c1-17(26)18-8-14-22(15-9-18)29-16-23(27)25-24(19-6-4-3-5-7-19)20-10-12-21(28-2)13-11-20/h3-15,24H,16H2,1-2H3,(H,25,27)/t24-/m1/s1. The molecule has 1 atom stereocenters. The molecule has 0 aliphatic carbocycles. The second-order valence-electron chi connectivity index (χ2n) is 6.55. The molecule has 0 saturated carbocycles. The van der Waals surface area contributed by atoms with E-state index in [4.69, 9.17) is 9.47 Å². The number of ketones is 1. The first kappa shape index (κ1) is 20.1. The molecule has 5 nitrogen and oxygen atoms in total. The smallest absolute Gasteiger partial charge is 0.258 e. The van der Waals surface area contributed by atoms with Crippen LogP contribution in [0.15, 0.2) is 78.9 Å². The third-order valence-corrected chi connectivity index (χ3v) is 4.52. The molecule has 0 aliphatic rings. The van der Waals surface area contributed by atoms with Gasteiger partial charge in [-0.05, 0) is 54.4 Å². The first-order valence-electron chi connectivity index (χ1n) is 9.29. The summed E-state index contributed by atoms with van der Waals surface area (Å²) in [6, 6.07) is 23.8. The van der Waals surface area contributed by atoms with Crippen molar-refractivity contribution in [2.24, 2.45) is 0 Å². The summed E-state index contributed by atoms with van der Waals surface area (Å²) in [4.78, 5) is 23.9. The highest BCUT2D eigenvalue weighted by Gasteiger charge is 2.17. The number of hydrogen-bond acceptors (Lipinski definition) is 4. The predicted molar refractivity (Wildman–Crippen MR) is 111 cm³/mol. The Labute approximate surface area is 170 Å². The van der Waals surface area contributed by atoms with Gasteiger partial charge < -0.3 is 14.8 Å². The third kappa shape index (κ3) is 5.45. The van der Waals surface area contributed by atoms with Gasteiger partial charge in [0.25, 0.3) is 5.91 Å². The number of nitrogens with one attached hydrogen (secondary N) is 1. The van der Waals surface area contributed by atoms with Crippen molar-refractivity contribution in [3.05, 3.63) is 95.6 Å². The molecule has 0 bridgehead atoms. The fourth-order valence-corrected chi connectivity index (χ4v) is 2.94. The summed E-state index contributed by atoms with van der Waals surface area (Å²) in [7, 11) is 1.62. The Morgan fingerprint density at radius 1 is 0.828 bits per heavy atom. The van der Waals surface area contributed by atoms with Gasteiger partial charge in [0.05, 0.1) is 13.2 Å². The number of Topliss-reactive ketones (excluding diaryl/α,β-unsaturated/α-hetero) is 1. The maximum absolute atomic E-state index is 12.6. The number of carbonyl (C=O) groups excluding carboxylic acids is 2. The molecule has 3 aromatic carbocycles. The molecule has 0 spiro atoms. The van der Waals surface area contributed by atoms with Crippen LogP contribution in [0.4, 0.5) is 0 Å². The maximum atomic E-state index is 12.6. The Balaban J connectivity index is 1.69. The molecule has 5 heteroatoms. The van der Waals surface area contributed by atoms with Gasteiger partial charge in [0.15, 0.2) is 12.4 Å². The summed E-state index contributed by atoms with van der Waals surface area (Å²) in [6.07, 6.45) is 0. The molecule has 1 amide bonds. The lowest BCUT2D eigenvalue weighted by molar-refractivity contribution is -0.123. The second-order valence-corrected chi connectivity index (χ2v) is 6.55. The van der Waals surface area contributed by atoms with Gasteiger partial charge in [-0.2, -0.15) is 0 Å². The minimum atomic E-state index is -0.307. The van der Waals surface area contributed by atoms with E-state index in [1.807, 2.05) is 54.6 Å². The van der Waals surface area contributed by atoms with Crippen molar-refractivity contribution in [2.75, 3.05) is 13.7 Å². The minimum absolute atomic E-state index is 0.0144. The molecule has 148 valence electrons. The van der Waals surface area contributed by atoms with Gasteiger partial charge in [-0.1, -0.05) is 42.5 Å². The molecule has 0 aromatic heterocycles. The zero-order valence-electron chi connectivity index (χ0n) is 16.4. The van der Waals surface area contributed by atoms with Crippen molar-refractivity contribution >= 4 is 11.7 Å². The first-order valence-corrected chi connectivity index (χ1v) is 9.29. The summed E-state index contributed by atoms with van der Waals surface area (Å²) >= 11 is 0. The fraction of sp³-hybridized carbons (Fsp3) is 0.167. The third-order valence-electron chi connectivity index (χ3n) is 4.52. The number of methoxy groups -OCH3 is 1. The van der Waals surface area contributed by atoms with Crippen molar-refractivity contribution in [1.82, 2.24) is 5.32 Å². The Morgan fingerprint density at radius 3 is 2.00 bits per heavy atom. The molecule has 0 saturated heterocycles. The van der Waals surface area contributed by atoms with Gasteiger partial charge in [-0.3, -0.25) is 9.59 Å². The lowest BCUT2D eigenvalue weighted by Gasteiger charge is -2.20. The molecule has 29 heavy (non-hydrogen) atoms. The molecule has 0 heterocycles. The van der Waals surface area contributed by atoms with Crippen LogP contribution in [0.1, 0.15) is 34.5 Å². The van der Waals surface area contributed by atoms with Gasteiger partial charge in [0.2, 0.25) is 0 Å². The van der Waals surface area contributed by atoms with Crippen LogP contribution >= 0.6 is 0 Å². The van der Waals surface area contributed by atoms with Gasteiger partial charge in [0.1, 0.15) is 11.5 Å². The van der Waals surface area contributed by atoms with Crippen LogP contribution in [0.5, 0.6) is 11.5 Å². The minimum Gasteiger partial charge on any atom is -0.497 e. The molecule has 0 fully saturated rings. The van der Waals surface area contributed by atoms with E-state index >= 15 is 0 Å². The molecular formula is C24H23NO4. The zero-order valence-corrected chi connectivity index (χ0v) is 16.4. The fourth-order valence-electron chi connectivity index (χ4n) is 2.94. The molecule has 0 radical (unpaired) electrons. The van der Waals surface area contributed by atoms with E-state index in [-0.39, 0.29) is 24.3 Å². The topological polar surface area (TPSA) is 64.6 Å². The van der Waals surface area contributed by atoms with Gasteiger partial charge in [-0.15, -0.1) is 0 Å². The van der Waals surface area contributed by atoms with Crippen LogP contribution in [-0.2, 0) is 4.79 Å². The number of rotatable bonds is 8. The van der Waals surface area contributed by atoms with E-state index < -0.39 is 0 Å². The maximum Gasteiger partial charge on any atom is 0.258 e. The molecule has 3 aromatic rings. The Bertz CT molecular complexity index is 950. The van der Waals surface area contributed by atoms with E-state index in [1.165, 1.54) is 6.92 Å². The normalized spacial score (nSPS) is 11.4. The van der Waals surface area contributed by atoms with Crippen LogP contribution in [0, 0.1) is 0 Å². The van der Waals surface area contributed by atoms with Crippen molar-refractivity contribution in [2.45, 2.75) is 13.0 Å². The molecule has 0 unspecified atom stereocenters. The highest BCUT2D eigenvalue weighted by atomic mass is 16.5. The van der Waals surface area contributed by atoms with E-state index in [2.05, 4.69) is 5.32 Å². The summed E-state index contributed by atoms with van der Waals surface area (Å²) in [5.74, 6) is 1.03. The Hall–Kier alpha value is -3.60. The van der Waals surface area contributed by atoms with E-state index in [9.17, 15) is 9.59 Å². The quantitative estimate of drug-likeness (QED) is 0.587. The predicted octanol–water partition coefficient (Wildman–Crippen LogP) is 4.18. The number of ether oxygens (including phenoxy) is 2. The molecule has 1 N–H and O–H groups in total. The highest BCUT2D eigenvalue weighted by Crippen LogP contribution is 2.24. The molecule has 0 aliphatic heterocycles. The van der Waals surface area contributed by atoms with Crippen LogP contribution in [0.25, 0.3) is 0 Å². The summed E-state index contributed by atoms with van der Waals surface area (Å²) in [5.41, 5.74) is 2.51. The van der Waals surface area contributed by atoms with Gasteiger partial charge in [0, 0.05) is 5.56 Å². The zero-order chi connectivity index (χ0) is 20.6. The van der Waals surface area contributed by atoms with Crippen molar-refractivity contribution in [3.8, 4) is 11.5 Å². The van der Waals surface area contributed by atoms with Crippen LogP contribution in [-0.4, -0.2) is 25.4 Å². The Kier molecular flexibility index (Phi) is 6.63. The number of amides is 1. The van der Waals surface area contributed by atoms with E-state index in [0.717, 1.165) is 16.9 Å². The van der Waals surface area contributed by atoms with Gasteiger partial charge in [-0.25, -0.2) is 0 Å². The monoisotopic (exact) mass is 389 g/mol. The van der Waals surface area contributed by atoms with Crippen LogP contribution in [0.3, 0.4) is 0 Å². The van der Waals surface area contributed by atoms with Crippen molar-refractivity contribution in [3.63, 3.8) is 0 Å². The largest absolute Gasteiger partial charge is 0.497 e. The van der Waals surface area contributed by atoms with Gasteiger partial charge >= 0.3 is 0 Å².